The Bertz CT molecular complexity index is 901. The summed E-state index contributed by atoms with van der Waals surface area (Å²) in [5, 5.41) is 14.1. The van der Waals surface area contributed by atoms with Gasteiger partial charge in [-0.1, -0.05) is 35.5 Å². The number of esters is 1. The number of rotatable bonds is 3. The molecule has 0 bridgehead atoms. The number of phenols is 1. The van der Waals surface area contributed by atoms with Gasteiger partial charge in [-0.25, -0.2) is 4.79 Å². The maximum atomic E-state index is 12.5. The van der Waals surface area contributed by atoms with Gasteiger partial charge < -0.3 is 19.6 Å². The summed E-state index contributed by atoms with van der Waals surface area (Å²) in [5.74, 6) is -0.517. The van der Waals surface area contributed by atoms with Gasteiger partial charge >= 0.3 is 5.97 Å². The summed E-state index contributed by atoms with van der Waals surface area (Å²) in [6, 6.07) is 4.53. The minimum atomic E-state index is -0.446. The monoisotopic (exact) mass is 424 g/mol. The number of phenolic OH excluding ortho intramolecular Hbond substituents is 1. The Morgan fingerprint density at radius 2 is 1.90 bits per heavy atom. The van der Waals surface area contributed by atoms with Crippen LogP contribution in [0.4, 0.5) is 0 Å². The van der Waals surface area contributed by atoms with E-state index in [-0.39, 0.29) is 24.7 Å². The van der Waals surface area contributed by atoms with E-state index in [0.29, 0.717) is 43.0 Å². The van der Waals surface area contributed by atoms with E-state index >= 15 is 0 Å². The molecule has 1 aromatic carbocycles. The van der Waals surface area contributed by atoms with Crippen molar-refractivity contribution in [2.45, 2.75) is 32.1 Å². The second-order valence-corrected chi connectivity index (χ2v) is 7.35. The van der Waals surface area contributed by atoms with E-state index in [2.05, 4.69) is 17.3 Å². The number of hydrogen-bond donors (Lipinski definition) is 1. The summed E-state index contributed by atoms with van der Waals surface area (Å²) in [6.45, 7) is 1.41. The van der Waals surface area contributed by atoms with Crippen LogP contribution >= 0.6 is 0 Å². The predicted molar refractivity (Wildman–Crippen MR) is 118 cm³/mol. The molecule has 2 heterocycles. The van der Waals surface area contributed by atoms with Gasteiger partial charge in [0.15, 0.2) is 6.61 Å². The molecule has 0 fully saturated rings. The summed E-state index contributed by atoms with van der Waals surface area (Å²) in [7, 11) is 0. The van der Waals surface area contributed by atoms with Crippen LogP contribution in [0.15, 0.2) is 59.8 Å². The van der Waals surface area contributed by atoms with Crippen molar-refractivity contribution in [2.75, 3.05) is 26.3 Å². The van der Waals surface area contributed by atoms with Gasteiger partial charge in [-0.2, -0.15) is 0 Å². The number of oxime groups is 1. The molecule has 1 aromatic rings. The van der Waals surface area contributed by atoms with Crippen LogP contribution in [-0.4, -0.2) is 53.9 Å². The highest BCUT2D eigenvalue weighted by molar-refractivity contribution is 5.99. The average molecular weight is 424 g/mol. The van der Waals surface area contributed by atoms with Crippen molar-refractivity contribution in [1.82, 2.24) is 4.90 Å². The molecule has 1 N–H and O–H groups in total. The van der Waals surface area contributed by atoms with Crippen molar-refractivity contribution in [3.05, 3.63) is 65.8 Å². The predicted octanol–water partition coefficient (Wildman–Crippen LogP) is 3.55. The van der Waals surface area contributed by atoms with Crippen LogP contribution in [0.5, 0.6) is 5.75 Å². The first kappa shape index (κ1) is 22.3. The molecule has 0 saturated heterocycles. The topological polar surface area (TPSA) is 88.4 Å². The molecule has 0 aromatic heterocycles. The SMILES string of the molecule is O=C1OCC/C=C/CC/C=C/C(=N/OCC(=O)N2CC=CCC2)Cc2cc(O)ccc21. The van der Waals surface area contributed by atoms with Crippen LogP contribution < -0.4 is 0 Å². The lowest BCUT2D eigenvalue weighted by Gasteiger charge is -2.22. The molecule has 164 valence electrons. The number of hydrogen-bond acceptors (Lipinski definition) is 6. The number of aromatic hydroxyl groups is 1. The Morgan fingerprint density at radius 3 is 2.74 bits per heavy atom. The Hall–Kier alpha value is -3.35. The number of amides is 1. The average Bonchev–Trinajstić information content (AvgIpc) is 2.77. The highest BCUT2D eigenvalue weighted by Gasteiger charge is 2.16. The minimum Gasteiger partial charge on any atom is -0.508 e. The third-order valence-corrected chi connectivity index (χ3v) is 4.96. The largest absolute Gasteiger partial charge is 0.508 e. The number of benzene rings is 1. The third-order valence-electron chi connectivity index (χ3n) is 4.96. The molecule has 0 saturated carbocycles. The molecule has 7 heteroatoms. The fraction of sp³-hybridized carbons (Fsp3) is 0.375. The molecular formula is C24H28N2O5. The van der Waals surface area contributed by atoms with E-state index in [4.69, 9.17) is 9.57 Å². The minimum absolute atomic E-state index is 0.0492. The molecule has 1 amide bonds. The van der Waals surface area contributed by atoms with E-state index in [0.717, 1.165) is 19.3 Å². The van der Waals surface area contributed by atoms with Crippen molar-refractivity contribution in [3.8, 4) is 5.75 Å². The lowest BCUT2D eigenvalue weighted by Crippen LogP contribution is -2.36. The van der Waals surface area contributed by atoms with Gasteiger partial charge in [0, 0.05) is 19.5 Å². The van der Waals surface area contributed by atoms with Gasteiger partial charge in [0.25, 0.3) is 5.91 Å². The fourth-order valence-corrected chi connectivity index (χ4v) is 3.32. The Balaban J connectivity index is 1.76. The van der Waals surface area contributed by atoms with Crippen LogP contribution in [0.3, 0.4) is 0 Å². The first-order chi connectivity index (χ1) is 15.1. The van der Waals surface area contributed by atoms with Gasteiger partial charge in [-0.3, -0.25) is 4.79 Å². The van der Waals surface area contributed by atoms with Gasteiger partial charge in [-0.05, 0) is 55.5 Å². The summed E-state index contributed by atoms with van der Waals surface area (Å²) in [6.07, 6.45) is 15.3. The number of fused-ring (bicyclic) bond motifs is 1. The van der Waals surface area contributed by atoms with Gasteiger partial charge in [-0.15, -0.1) is 0 Å². The lowest BCUT2D eigenvalue weighted by atomic mass is 10.0. The first-order valence-electron chi connectivity index (χ1n) is 10.6. The van der Waals surface area contributed by atoms with Crippen LogP contribution in [0, 0.1) is 0 Å². The van der Waals surface area contributed by atoms with Crippen molar-refractivity contribution in [1.29, 1.82) is 0 Å². The zero-order valence-corrected chi connectivity index (χ0v) is 17.5. The van der Waals surface area contributed by atoms with Gasteiger partial charge in [0.1, 0.15) is 5.75 Å². The fourth-order valence-electron chi connectivity index (χ4n) is 3.32. The van der Waals surface area contributed by atoms with Gasteiger partial charge in [0.05, 0.1) is 17.9 Å². The quantitative estimate of drug-likeness (QED) is 0.455. The van der Waals surface area contributed by atoms with E-state index in [1.807, 2.05) is 24.3 Å². The van der Waals surface area contributed by atoms with Gasteiger partial charge in [0.2, 0.25) is 0 Å². The summed E-state index contributed by atoms with van der Waals surface area (Å²) < 4.78 is 5.35. The zero-order valence-electron chi connectivity index (χ0n) is 17.5. The van der Waals surface area contributed by atoms with E-state index in [1.165, 1.54) is 12.1 Å². The Kier molecular flexibility index (Phi) is 8.46. The molecule has 2 aliphatic heterocycles. The smallest absolute Gasteiger partial charge is 0.338 e. The highest BCUT2D eigenvalue weighted by Crippen LogP contribution is 2.19. The highest BCUT2D eigenvalue weighted by atomic mass is 16.6. The summed E-state index contributed by atoms with van der Waals surface area (Å²) in [5.41, 5.74) is 1.50. The van der Waals surface area contributed by atoms with Crippen molar-refractivity contribution >= 4 is 17.6 Å². The van der Waals surface area contributed by atoms with Crippen LogP contribution in [0.2, 0.25) is 0 Å². The van der Waals surface area contributed by atoms with Crippen LogP contribution in [0.25, 0.3) is 0 Å². The second kappa shape index (κ2) is 11.7. The molecule has 31 heavy (non-hydrogen) atoms. The summed E-state index contributed by atoms with van der Waals surface area (Å²) in [4.78, 5) is 31.9. The molecule has 2 aliphatic rings. The Morgan fingerprint density at radius 1 is 1.10 bits per heavy atom. The number of carbonyl (C=O) groups excluding carboxylic acids is 2. The van der Waals surface area contributed by atoms with Crippen molar-refractivity contribution < 1.29 is 24.3 Å². The number of allylic oxidation sites excluding steroid dienone is 3. The molecular weight excluding hydrogens is 396 g/mol. The maximum Gasteiger partial charge on any atom is 0.338 e. The standard InChI is InChI=1S/C24H28N2O5/c27-21-11-12-22-19(17-21)16-20(10-6-3-1-2-4-9-15-30-24(22)29)25-31-18-23(28)26-13-7-5-8-14-26/h2,4-7,10-12,17,27H,1,3,8-9,13-16,18H2/b4-2+,10-6+,25-20-. The normalized spacial score (nSPS) is 21.0. The molecule has 0 aliphatic carbocycles. The molecule has 7 nitrogen and oxygen atoms in total. The van der Waals surface area contributed by atoms with E-state index in [1.54, 1.807) is 11.0 Å². The summed E-state index contributed by atoms with van der Waals surface area (Å²) >= 11 is 0. The maximum absolute atomic E-state index is 12.5. The lowest BCUT2D eigenvalue weighted by molar-refractivity contribution is -0.135. The molecule has 0 radical (unpaired) electrons. The first-order valence-corrected chi connectivity index (χ1v) is 10.6. The van der Waals surface area contributed by atoms with E-state index in [9.17, 15) is 14.7 Å². The number of cyclic esters (lactones) is 1. The van der Waals surface area contributed by atoms with E-state index < -0.39 is 5.97 Å². The zero-order chi connectivity index (χ0) is 21.9. The van der Waals surface area contributed by atoms with Crippen LogP contribution in [0.1, 0.15) is 41.6 Å². The second-order valence-electron chi connectivity index (χ2n) is 7.35. The van der Waals surface area contributed by atoms with Crippen molar-refractivity contribution in [3.63, 3.8) is 0 Å². The number of carbonyl (C=O) groups is 2. The van der Waals surface area contributed by atoms with Crippen LogP contribution in [-0.2, 0) is 20.8 Å². The Labute approximate surface area is 182 Å². The molecule has 3 rings (SSSR count). The molecule has 0 spiro atoms. The molecule has 0 atom stereocenters. The number of ether oxygens (including phenoxy) is 1. The third kappa shape index (κ3) is 7.13. The van der Waals surface area contributed by atoms with Crippen molar-refractivity contribution in [2.24, 2.45) is 5.16 Å². The molecule has 0 unspecified atom stereocenters. The number of nitrogens with zero attached hydrogens (tertiary/aromatic N) is 2.